The number of aromatic nitrogens is 2. The minimum Gasteiger partial charge on any atom is -0.296 e. The van der Waals surface area contributed by atoms with Gasteiger partial charge in [-0.1, -0.05) is 0 Å². The average Bonchev–Trinajstić information content (AvgIpc) is 2.17. The molecule has 1 heterocycles. The van der Waals surface area contributed by atoms with E-state index in [0.29, 0.717) is 17.5 Å². The number of H-pyrrole nitrogens is 1. The highest BCUT2D eigenvalue weighted by Gasteiger charge is 2.04. The number of carbonyl (C=O) groups is 1. The smallest absolute Gasteiger partial charge is 0.269 e. The molecule has 0 fully saturated rings. The molecule has 0 amide bonds. The maximum absolute atomic E-state index is 10.9. The van der Waals surface area contributed by atoms with Gasteiger partial charge in [-0.3, -0.25) is 19.4 Å². The Kier molecular flexibility index (Phi) is 1.45. The van der Waals surface area contributed by atoms with Gasteiger partial charge in [0.15, 0.2) is 6.29 Å². The van der Waals surface area contributed by atoms with Crippen LogP contribution in [0.5, 0.6) is 0 Å². The van der Waals surface area contributed by atoms with E-state index >= 15 is 0 Å². The number of hydrogen-bond acceptors (Lipinski definition) is 2. The van der Waals surface area contributed by atoms with Crippen molar-refractivity contribution in [2.24, 2.45) is 7.05 Å². The second-order valence-electron chi connectivity index (χ2n) is 2.13. The van der Waals surface area contributed by atoms with E-state index in [1.807, 2.05) is 0 Å². The summed E-state index contributed by atoms with van der Waals surface area (Å²) in [7, 11) is 1.57. The Balaban J connectivity index is 3.45. The molecular weight excluding hydrogens is 132 g/mol. The van der Waals surface area contributed by atoms with Gasteiger partial charge in [-0.2, -0.15) is 0 Å². The van der Waals surface area contributed by atoms with Gasteiger partial charge in [0.25, 0.3) is 5.56 Å². The van der Waals surface area contributed by atoms with Crippen LogP contribution in [0.3, 0.4) is 0 Å². The third kappa shape index (κ3) is 0.775. The molecule has 0 radical (unpaired) electrons. The van der Waals surface area contributed by atoms with Gasteiger partial charge in [-0.25, -0.2) is 0 Å². The largest absolute Gasteiger partial charge is 0.296 e. The molecule has 0 saturated heterocycles. The van der Waals surface area contributed by atoms with Crippen LogP contribution in [0.25, 0.3) is 0 Å². The molecule has 0 atom stereocenters. The Bertz CT molecular complexity index is 308. The lowest BCUT2D eigenvalue weighted by atomic mass is 10.3. The number of aromatic amines is 1. The Morgan fingerprint density at radius 1 is 1.60 bits per heavy atom. The summed E-state index contributed by atoms with van der Waals surface area (Å²) in [5, 5.41) is 2.60. The van der Waals surface area contributed by atoms with Crippen LogP contribution in [-0.2, 0) is 7.05 Å². The maximum Gasteiger partial charge on any atom is 0.269 e. The minimum atomic E-state index is -0.151. The molecule has 1 aromatic rings. The maximum atomic E-state index is 10.9. The molecule has 0 aliphatic rings. The van der Waals surface area contributed by atoms with E-state index in [9.17, 15) is 9.59 Å². The average molecular weight is 140 g/mol. The van der Waals surface area contributed by atoms with Gasteiger partial charge in [0.2, 0.25) is 0 Å². The van der Waals surface area contributed by atoms with Crippen LogP contribution >= 0.6 is 0 Å². The number of aldehydes is 1. The third-order valence-corrected chi connectivity index (χ3v) is 1.44. The number of rotatable bonds is 1. The van der Waals surface area contributed by atoms with E-state index < -0.39 is 0 Å². The van der Waals surface area contributed by atoms with Gasteiger partial charge in [0.1, 0.15) is 5.69 Å². The highest BCUT2D eigenvalue weighted by Crippen LogP contribution is 1.92. The number of nitrogens with one attached hydrogen (secondary N) is 1. The van der Waals surface area contributed by atoms with Crippen LogP contribution in [0.2, 0.25) is 0 Å². The first-order valence-corrected chi connectivity index (χ1v) is 2.87. The predicted octanol–water partition coefficient (Wildman–Crippen LogP) is -0.166. The fourth-order valence-electron chi connectivity index (χ4n) is 0.797. The van der Waals surface area contributed by atoms with E-state index in [0.717, 1.165) is 0 Å². The third-order valence-electron chi connectivity index (χ3n) is 1.44. The summed E-state index contributed by atoms with van der Waals surface area (Å²) in [4.78, 5) is 21.1. The summed E-state index contributed by atoms with van der Waals surface area (Å²) in [6.07, 6.45) is 0.636. The molecule has 0 spiro atoms. The lowest BCUT2D eigenvalue weighted by Gasteiger charge is -1.82. The van der Waals surface area contributed by atoms with Crippen LogP contribution in [0.15, 0.2) is 4.79 Å². The molecule has 4 nitrogen and oxygen atoms in total. The summed E-state index contributed by atoms with van der Waals surface area (Å²) in [6, 6.07) is 0. The van der Waals surface area contributed by atoms with Crippen LogP contribution in [0, 0.1) is 6.92 Å². The van der Waals surface area contributed by atoms with Gasteiger partial charge in [0, 0.05) is 12.6 Å². The Labute approximate surface area is 57.5 Å². The first kappa shape index (κ1) is 6.80. The fourth-order valence-corrected chi connectivity index (χ4v) is 0.797. The lowest BCUT2D eigenvalue weighted by molar-refractivity contribution is 0.111. The predicted molar refractivity (Wildman–Crippen MR) is 36.2 cm³/mol. The highest BCUT2D eigenvalue weighted by molar-refractivity contribution is 5.73. The zero-order chi connectivity index (χ0) is 7.72. The van der Waals surface area contributed by atoms with Crippen molar-refractivity contribution in [1.29, 1.82) is 0 Å². The molecule has 0 aliphatic heterocycles. The molecule has 1 N–H and O–H groups in total. The first-order chi connectivity index (χ1) is 4.66. The van der Waals surface area contributed by atoms with Crippen molar-refractivity contribution in [3.63, 3.8) is 0 Å². The van der Waals surface area contributed by atoms with Crippen LogP contribution in [-0.4, -0.2) is 16.1 Å². The van der Waals surface area contributed by atoms with Crippen molar-refractivity contribution in [3.8, 4) is 0 Å². The van der Waals surface area contributed by atoms with E-state index in [1.54, 1.807) is 14.0 Å². The Hall–Kier alpha value is -1.32. The molecule has 0 unspecified atom stereocenters. The summed E-state index contributed by atoms with van der Waals surface area (Å²) in [5.74, 6) is 0. The van der Waals surface area contributed by atoms with Gasteiger partial charge >= 0.3 is 0 Å². The highest BCUT2D eigenvalue weighted by atomic mass is 16.1. The number of aryl methyl sites for hydroxylation is 1. The molecule has 0 aromatic carbocycles. The van der Waals surface area contributed by atoms with Crippen LogP contribution < -0.4 is 5.56 Å². The first-order valence-electron chi connectivity index (χ1n) is 2.87. The normalized spacial score (nSPS) is 9.80. The summed E-state index contributed by atoms with van der Waals surface area (Å²) in [5.41, 5.74) is 0.673. The van der Waals surface area contributed by atoms with Crippen LogP contribution in [0.1, 0.15) is 16.1 Å². The molecule has 10 heavy (non-hydrogen) atoms. The second kappa shape index (κ2) is 2.13. The minimum absolute atomic E-state index is 0.151. The molecule has 0 bridgehead atoms. The van der Waals surface area contributed by atoms with Gasteiger partial charge in [-0.05, 0) is 6.92 Å². The van der Waals surface area contributed by atoms with E-state index in [2.05, 4.69) is 5.10 Å². The van der Waals surface area contributed by atoms with Crippen molar-refractivity contribution in [1.82, 2.24) is 9.78 Å². The van der Waals surface area contributed by atoms with Crippen molar-refractivity contribution < 1.29 is 4.79 Å². The van der Waals surface area contributed by atoms with Gasteiger partial charge < -0.3 is 0 Å². The fraction of sp³-hybridized carbons (Fsp3) is 0.333. The molecule has 0 aliphatic carbocycles. The number of hydrogen-bond donors (Lipinski definition) is 1. The molecule has 1 rings (SSSR count). The van der Waals surface area contributed by atoms with Gasteiger partial charge in [-0.15, -0.1) is 0 Å². The quantitative estimate of drug-likeness (QED) is 0.551. The number of carbonyl (C=O) groups excluding carboxylic acids is 1. The standard InChI is InChI=1S/C6H8N2O2/c1-4-5(3-9)7-8(2)6(4)10/h3,7H,1-2H3. The van der Waals surface area contributed by atoms with E-state index in [-0.39, 0.29) is 5.56 Å². The monoisotopic (exact) mass is 140 g/mol. The Morgan fingerprint density at radius 3 is 2.40 bits per heavy atom. The van der Waals surface area contributed by atoms with Crippen molar-refractivity contribution >= 4 is 6.29 Å². The topological polar surface area (TPSA) is 54.9 Å². The molecular formula is C6H8N2O2. The van der Waals surface area contributed by atoms with Crippen LogP contribution in [0.4, 0.5) is 0 Å². The zero-order valence-electron chi connectivity index (χ0n) is 5.84. The molecule has 4 heteroatoms. The van der Waals surface area contributed by atoms with Crippen molar-refractivity contribution in [3.05, 3.63) is 21.6 Å². The van der Waals surface area contributed by atoms with Crippen molar-refractivity contribution in [2.75, 3.05) is 0 Å². The molecule has 54 valence electrons. The molecule has 1 aromatic heterocycles. The summed E-state index contributed by atoms with van der Waals surface area (Å²) < 4.78 is 1.28. The van der Waals surface area contributed by atoms with Crippen molar-refractivity contribution in [2.45, 2.75) is 6.92 Å². The van der Waals surface area contributed by atoms with E-state index in [4.69, 9.17) is 0 Å². The Morgan fingerprint density at radius 2 is 2.20 bits per heavy atom. The second-order valence-corrected chi connectivity index (χ2v) is 2.13. The summed E-state index contributed by atoms with van der Waals surface area (Å²) in [6.45, 7) is 1.61. The SMILES string of the molecule is Cc1c(C=O)[nH]n(C)c1=O. The summed E-state index contributed by atoms with van der Waals surface area (Å²) >= 11 is 0. The van der Waals surface area contributed by atoms with E-state index in [1.165, 1.54) is 4.68 Å². The lowest BCUT2D eigenvalue weighted by Crippen LogP contribution is -2.12. The zero-order valence-corrected chi connectivity index (χ0v) is 5.84. The van der Waals surface area contributed by atoms with Gasteiger partial charge in [0.05, 0.1) is 0 Å². The molecule has 0 saturated carbocycles. The number of nitrogens with zero attached hydrogens (tertiary/aromatic N) is 1.